The Morgan fingerprint density at radius 2 is 1.80 bits per heavy atom. The molecule has 0 bridgehead atoms. The van der Waals surface area contributed by atoms with E-state index in [1.54, 1.807) is 36.4 Å². The average Bonchev–Trinajstić information content (AvgIpc) is 2.97. The molecule has 7 nitrogen and oxygen atoms in total. The smallest absolute Gasteiger partial charge is 0.326 e. The van der Waals surface area contributed by atoms with Crippen molar-refractivity contribution >= 4 is 17.8 Å². The van der Waals surface area contributed by atoms with Crippen molar-refractivity contribution in [2.75, 3.05) is 0 Å². The first-order chi connectivity index (χ1) is 12.0. The predicted molar refractivity (Wildman–Crippen MR) is 88.4 cm³/mol. The summed E-state index contributed by atoms with van der Waals surface area (Å²) in [5.74, 6) is -0.969. The normalized spacial score (nSPS) is 19.1. The molecule has 128 valence electrons. The fourth-order valence-electron chi connectivity index (χ4n) is 2.53. The number of hydrogen-bond donors (Lipinski definition) is 3. The van der Waals surface area contributed by atoms with Crippen LogP contribution in [0.25, 0.3) is 0 Å². The van der Waals surface area contributed by atoms with E-state index in [2.05, 4.69) is 10.6 Å². The summed E-state index contributed by atoms with van der Waals surface area (Å²) >= 11 is 0. The van der Waals surface area contributed by atoms with Crippen molar-refractivity contribution in [3.8, 4) is 11.5 Å². The average molecular weight is 340 g/mol. The largest absolute Gasteiger partial charge is 0.480 e. The lowest BCUT2D eigenvalue weighted by atomic mass is 10.1. The maximum absolute atomic E-state index is 12.3. The summed E-state index contributed by atoms with van der Waals surface area (Å²) in [7, 11) is 0. The number of carboxylic acid groups (broad SMARTS) is 1. The lowest BCUT2D eigenvalue weighted by Gasteiger charge is -2.11. The number of aliphatic carboxylic acids is 1. The van der Waals surface area contributed by atoms with E-state index < -0.39 is 29.9 Å². The molecule has 0 spiro atoms. The molecule has 0 saturated carbocycles. The van der Waals surface area contributed by atoms with Crippen LogP contribution in [0.5, 0.6) is 11.5 Å². The number of ether oxygens (including phenoxy) is 1. The van der Waals surface area contributed by atoms with Gasteiger partial charge in [-0.05, 0) is 30.3 Å². The Morgan fingerprint density at radius 1 is 1.08 bits per heavy atom. The summed E-state index contributed by atoms with van der Waals surface area (Å²) in [6, 6.07) is 13.8. The molecule has 0 aromatic heterocycles. The number of para-hydroxylation sites is 1. The molecule has 25 heavy (non-hydrogen) atoms. The number of rotatable bonds is 5. The van der Waals surface area contributed by atoms with Gasteiger partial charge in [-0.2, -0.15) is 0 Å². The molecule has 2 aromatic rings. The van der Waals surface area contributed by atoms with Crippen molar-refractivity contribution in [2.24, 2.45) is 0 Å². The molecule has 1 saturated heterocycles. The highest BCUT2D eigenvalue weighted by Crippen LogP contribution is 2.22. The van der Waals surface area contributed by atoms with Crippen molar-refractivity contribution in [3.63, 3.8) is 0 Å². The van der Waals surface area contributed by atoms with Crippen LogP contribution in [0.3, 0.4) is 0 Å². The number of amides is 2. The molecule has 0 radical (unpaired) electrons. The Morgan fingerprint density at radius 3 is 2.48 bits per heavy atom. The summed E-state index contributed by atoms with van der Waals surface area (Å²) in [6.45, 7) is 0. The van der Waals surface area contributed by atoms with Gasteiger partial charge < -0.3 is 20.5 Å². The van der Waals surface area contributed by atoms with E-state index in [1.165, 1.54) is 0 Å². The highest BCUT2D eigenvalue weighted by atomic mass is 16.5. The van der Waals surface area contributed by atoms with Crippen molar-refractivity contribution in [1.29, 1.82) is 0 Å². The van der Waals surface area contributed by atoms with Crippen LogP contribution in [0.4, 0.5) is 0 Å². The maximum atomic E-state index is 12.3. The quantitative estimate of drug-likeness (QED) is 0.766. The van der Waals surface area contributed by atoms with Gasteiger partial charge in [0.2, 0.25) is 5.91 Å². The number of carboxylic acids is 1. The third kappa shape index (κ3) is 3.95. The third-order valence-electron chi connectivity index (χ3n) is 3.78. The van der Waals surface area contributed by atoms with Crippen LogP contribution < -0.4 is 15.4 Å². The second kappa shape index (κ2) is 7.04. The van der Waals surface area contributed by atoms with E-state index in [0.29, 0.717) is 17.1 Å². The van der Waals surface area contributed by atoms with E-state index in [4.69, 9.17) is 9.84 Å². The highest BCUT2D eigenvalue weighted by Gasteiger charge is 2.36. The van der Waals surface area contributed by atoms with E-state index >= 15 is 0 Å². The van der Waals surface area contributed by atoms with Crippen LogP contribution in [0, 0.1) is 0 Å². The van der Waals surface area contributed by atoms with Crippen molar-refractivity contribution in [2.45, 2.75) is 18.5 Å². The number of carbonyl (C=O) groups excluding carboxylic acids is 2. The predicted octanol–water partition coefficient (Wildman–Crippen LogP) is 1.55. The molecule has 1 aliphatic heterocycles. The summed E-state index contributed by atoms with van der Waals surface area (Å²) in [6.07, 6.45) is 0.0140. The van der Waals surface area contributed by atoms with Crippen molar-refractivity contribution < 1.29 is 24.2 Å². The molecule has 0 unspecified atom stereocenters. The zero-order valence-corrected chi connectivity index (χ0v) is 13.1. The summed E-state index contributed by atoms with van der Waals surface area (Å²) in [5.41, 5.74) is 0.319. The molecule has 0 aliphatic carbocycles. The molecule has 1 heterocycles. The van der Waals surface area contributed by atoms with Gasteiger partial charge in [0.15, 0.2) is 0 Å². The third-order valence-corrected chi connectivity index (χ3v) is 3.78. The van der Waals surface area contributed by atoms with E-state index in [9.17, 15) is 14.4 Å². The van der Waals surface area contributed by atoms with Gasteiger partial charge in [0.1, 0.15) is 23.6 Å². The van der Waals surface area contributed by atoms with Crippen molar-refractivity contribution in [1.82, 2.24) is 10.6 Å². The van der Waals surface area contributed by atoms with E-state index in [1.807, 2.05) is 18.2 Å². The lowest BCUT2D eigenvalue weighted by Crippen LogP contribution is -2.40. The van der Waals surface area contributed by atoms with Gasteiger partial charge in [-0.1, -0.05) is 24.3 Å². The van der Waals surface area contributed by atoms with Crippen LogP contribution in [0.15, 0.2) is 54.6 Å². The van der Waals surface area contributed by atoms with Crippen LogP contribution in [0.2, 0.25) is 0 Å². The molecule has 1 fully saturated rings. The number of nitrogens with one attached hydrogen (secondary N) is 2. The van der Waals surface area contributed by atoms with E-state index in [-0.39, 0.29) is 6.42 Å². The Balaban J connectivity index is 1.67. The van der Waals surface area contributed by atoms with Crippen LogP contribution in [0.1, 0.15) is 16.8 Å². The molecular weight excluding hydrogens is 324 g/mol. The Labute approximate surface area is 143 Å². The SMILES string of the molecule is O=C(N[C@H]1C[C@@H](C(=O)O)NC1=O)c1cccc(Oc2ccccc2)c1. The van der Waals surface area contributed by atoms with Gasteiger partial charge in [0, 0.05) is 12.0 Å². The second-order valence-electron chi connectivity index (χ2n) is 5.60. The Hall–Kier alpha value is -3.35. The molecule has 3 rings (SSSR count). The standard InChI is InChI=1S/C18H16N2O5/c21-16(19-14-10-15(18(23)24)20-17(14)22)11-5-4-8-13(9-11)25-12-6-2-1-3-7-12/h1-9,14-15H,10H2,(H,19,21)(H,20,22)(H,23,24)/t14-,15-/m0/s1. The zero-order chi connectivity index (χ0) is 17.8. The maximum Gasteiger partial charge on any atom is 0.326 e. The summed E-state index contributed by atoms with van der Waals surface area (Å²) < 4.78 is 5.67. The molecular formula is C18H16N2O5. The van der Waals surface area contributed by atoms with Gasteiger partial charge >= 0.3 is 5.97 Å². The minimum absolute atomic E-state index is 0.0140. The lowest BCUT2D eigenvalue weighted by molar-refractivity contribution is -0.140. The van der Waals surface area contributed by atoms with Gasteiger partial charge in [0.05, 0.1) is 0 Å². The van der Waals surface area contributed by atoms with Gasteiger partial charge in [-0.15, -0.1) is 0 Å². The van der Waals surface area contributed by atoms with Crippen LogP contribution >= 0.6 is 0 Å². The number of hydrogen-bond acceptors (Lipinski definition) is 4. The minimum atomic E-state index is -1.12. The topological polar surface area (TPSA) is 105 Å². The molecule has 2 atom stereocenters. The molecule has 2 amide bonds. The second-order valence-corrected chi connectivity index (χ2v) is 5.60. The minimum Gasteiger partial charge on any atom is -0.480 e. The molecule has 2 aromatic carbocycles. The fraction of sp³-hybridized carbons (Fsp3) is 0.167. The molecule has 7 heteroatoms. The summed E-state index contributed by atoms with van der Waals surface area (Å²) in [4.78, 5) is 35.0. The van der Waals surface area contributed by atoms with Crippen LogP contribution in [-0.4, -0.2) is 35.0 Å². The molecule has 1 aliphatic rings. The Kier molecular flexibility index (Phi) is 4.65. The highest BCUT2D eigenvalue weighted by molar-refractivity contribution is 5.99. The Bertz CT molecular complexity index is 806. The number of benzene rings is 2. The van der Waals surface area contributed by atoms with Crippen molar-refractivity contribution in [3.05, 3.63) is 60.2 Å². The van der Waals surface area contributed by atoms with Gasteiger partial charge in [0.25, 0.3) is 5.91 Å². The first kappa shape index (κ1) is 16.5. The van der Waals surface area contributed by atoms with Gasteiger partial charge in [-0.3, -0.25) is 9.59 Å². The molecule has 3 N–H and O–H groups in total. The fourth-order valence-corrected chi connectivity index (χ4v) is 2.53. The number of carbonyl (C=O) groups is 3. The zero-order valence-electron chi connectivity index (χ0n) is 13.1. The van der Waals surface area contributed by atoms with Gasteiger partial charge in [-0.25, -0.2) is 4.79 Å². The first-order valence-electron chi connectivity index (χ1n) is 7.70. The monoisotopic (exact) mass is 340 g/mol. The van der Waals surface area contributed by atoms with Crippen LogP contribution in [-0.2, 0) is 9.59 Å². The van der Waals surface area contributed by atoms with E-state index in [0.717, 1.165) is 0 Å². The summed E-state index contributed by atoms with van der Waals surface area (Å²) in [5, 5.41) is 13.8. The first-order valence-corrected chi connectivity index (χ1v) is 7.70.